The number of amides is 1. The molecule has 32 heavy (non-hydrogen) atoms. The number of carbonyl (C=O) groups excluding carboxylic acids is 1. The summed E-state index contributed by atoms with van der Waals surface area (Å²) in [5.41, 5.74) is 0.698. The summed E-state index contributed by atoms with van der Waals surface area (Å²) in [5, 5.41) is 3.80. The summed E-state index contributed by atoms with van der Waals surface area (Å²) in [6, 6.07) is 8.12. The summed E-state index contributed by atoms with van der Waals surface area (Å²) in [5.74, 6) is -0.698. The van der Waals surface area contributed by atoms with Crippen molar-refractivity contribution in [1.29, 1.82) is 0 Å². The van der Waals surface area contributed by atoms with Crippen molar-refractivity contribution in [1.82, 2.24) is 20.0 Å². The standard InChI is InChI=1S/C20H17ClF3N5O3/c1-31-15-4-3-13(21)10-14(15)18(30)29-8-6-28(7-9-29)16-5-2-12(11-25-16)17-26-19(32-27-17)20(22,23)24/h2-5,10-11H,6-9H2,1H3. The Morgan fingerprint density at radius 1 is 1.16 bits per heavy atom. The molecule has 3 aromatic rings. The molecule has 1 aliphatic rings. The second kappa shape index (κ2) is 8.65. The number of hydrogen-bond donors (Lipinski definition) is 0. The third-order valence-corrected chi connectivity index (χ3v) is 5.19. The van der Waals surface area contributed by atoms with Gasteiger partial charge in [-0.15, -0.1) is 0 Å². The van der Waals surface area contributed by atoms with Crippen molar-refractivity contribution in [3.63, 3.8) is 0 Å². The smallest absolute Gasteiger partial charge is 0.471 e. The number of halogens is 4. The molecule has 168 valence electrons. The highest BCUT2D eigenvalue weighted by atomic mass is 35.5. The van der Waals surface area contributed by atoms with E-state index in [-0.39, 0.29) is 11.7 Å². The summed E-state index contributed by atoms with van der Waals surface area (Å²) < 4.78 is 47.4. The Morgan fingerprint density at radius 2 is 1.91 bits per heavy atom. The second-order valence-electron chi connectivity index (χ2n) is 6.95. The Morgan fingerprint density at radius 3 is 2.50 bits per heavy atom. The van der Waals surface area contributed by atoms with Gasteiger partial charge >= 0.3 is 12.1 Å². The van der Waals surface area contributed by atoms with Gasteiger partial charge in [0.1, 0.15) is 11.6 Å². The maximum atomic E-state index is 12.9. The third kappa shape index (κ3) is 4.47. The first-order chi connectivity index (χ1) is 15.3. The quantitative estimate of drug-likeness (QED) is 0.577. The van der Waals surface area contributed by atoms with E-state index in [9.17, 15) is 18.0 Å². The minimum Gasteiger partial charge on any atom is -0.496 e. The van der Waals surface area contributed by atoms with Crippen molar-refractivity contribution in [2.45, 2.75) is 6.18 Å². The number of methoxy groups -OCH3 is 1. The molecule has 0 atom stereocenters. The van der Waals surface area contributed by atoms with Crippen LogP contribution in [-0.2, 0) is 6.18 Å². The topological polar surface area (TPSA) is 84.6 Å². The van der Waals surface area contributed by atoms with Crippen molar-refractivity contribution in [3.8, 4) is 17.1 Å². The average Bonchev–Trinajstić information content (AvgIpc) is 3.30. The van der Waals surface area contributed by atoms with Crippen LogP contribution in [0.15, 0.2) is 41.1 Å². The number of hydrogen-bond acceptors (Lipinski definition) is 7. The molecule has 12 heteroatoms. The van der Waals surface area contributed by atoms with Gasteiger partial charge in [-0.25, -0.2) is 4.98 Å². The van der Waals surface area contributed by atoms with Gasteiger partial charge in [-0.05, 0) is 30.3 Å². The lowest BCUT2D eigenvalue weighted by Gasteiger charge is -2.35. The first-order valence-electron chi connectivity index (χ1n) is 9.51. The molecule has 3 heterocycles. The van der Waals surface area contributed by atoms with Crippen LogP contribution in [0.4, 0.5) is 19.0 Å². The fourth-order valence-corrected chi connectivity index (χ4v) is 3.49. The van der Waals surface area contributed by atoms with Gasteiger partial charge in [-0.2, -0.15) is 18.2 Å². The molecule has 0 radical (unpaired) electrons. The van der Waals surface area contributed by atoms with E-state index in [2.05, 4.69) is 19.6 Å². The molecule has 1 amide bonds. The van der Waals surface area contributed by atoms with Gasteiger partial charge in [0.05, 0.1) is 12.7 Å². The minimum atomic E-state index is -4.70. The Labute approximate surface area is 185 Å². The Balaban J connectivity index is 1.41. The molecule has 0 unspecified atom stereocenters. The SMILES string of the molecule is COc1ccc(Cl)cc1C(=O)N1CCN(c2ccc(-c3noc(C(F)(F)F)n3)cn2)CC1. The Bertz CT molecular complexity index is 1110. The summed E-state index contributed by atoms with van der Waals surface area (Å²) in [4.78, 5) is 24.2. The van der Waals surface area contributed by atoms with Gasteiger partial charge in [0.25, 0.3) is 5.91 Å². The van der Waals surface area contributed by atoms with Crippen molar-refractivity contribution in [3.05, 3.63) is 53.0 Å². The summed E-state index contributed by atoms with van der Waals surface area (Å²) in [6.07, 6.45) is -3.32. The number of piperazine rings is 1. The number of pyridine rings is 1. The lowest BCUT2D eigenvalue weighted by Crippen LogP contribution is -2.49. The Hall–Kier alpha value is -3.34. The van der Waals surface area contributed by atoms with Crippen LogP contribution in [0.5, 0.6) is 5.75 Å². The van der Waals surface area contributed by atoms with E-state index in [1.807, 2.05) is 4.90 Å². The van der Waals surface area contributed by atoms with Gasteiger partial charge < -0.3 is 19.1 Å². The van der Waals surface area contributed by atoms with Crippen LogP contribution in [0, 0.1) is 0 Å². The van der Waals surface area contributed by atoms with Gasteiger partial charge in [0.2, 0.25) is 5.82 Å². The Kier molecular flexibility index (Phi) is 5.92. The second-order valence-corrected chi connectivity index (χ2v) is 7.39. The van der Waals surface area contributed by atoms with Gasteiger partial charge in [0.15, 0.2) is 0 Å². The molecule has 8 nitrogen and oxygen atoms in total. The largest absolute Gasteiger partial charge is 0.496 e. The van der Waals surface area contributed by atoms with Crippen LogP contribution in [0.2, 0.25) is 5.02 Å². The van der Waals surface area contributed by atoms with Crippen LogP contribution >= 0.6 is 11.6 Å². The fourth-order valence-electron chi connectivity index (χ4n) is 3.32. The number of ether oxygens (including phenoxy) is 1. The van der Waals surface area contributed by atoms with Gasteiger partial charge in [-0.3, -0.25) is 4.79 Å². The molecule has 0 spiro atoms. The van der Waals surface area contributed by atoms with Crippen LogP contribution in [0.1, 0.15) is 16.2 Å². The summed E-state index contributed by atoms with van der Waals surface area (Å²) in [7, 11) is 1.49. The molecular formula is C20H17ClF3N5O3. The van der Waals surface area contributed by atoms with Crippen molar-refractivity contribution >= 4 is 23.3 Å². The highest BCUT2D eigenvalue weighted by Gasteiger charge is 2.38. The van der Waals surface area contributed by atoms with Gasteiger partial charge in [0, 0.05) is 43.0 Å². The van der Waals surface area contributed by atoms with E-state index in [0.717, 1.165) is 0 Å². The molecule has 1 saturated heterocycles. The molecular weight excluding hydrogens is 451 g/mol. The number of rotatable bonds is 4. The highest BCUT2D eigenvalue weighted by molar-refractivity contribution is 6.31. The van der Waals surface area contributed by atoms with Crippen molar-refractivity contribution in [2.24, 2.45) is 0 Å². The number of aromatic nitrogens is 3. The predicted octanol–water partition coefficient (Wildman–Crippen LogP) is 3.77. The van der Waals surface area contributed by atoms with Crippen LogP contribution in [-0.4, -0.2) is 59.2 Å². The molecule has 0 saturated carbocycles. The number of nitrogens with zero attached hydrogens (tertiary/aromatic N) is 5. The van der Waals surface area contributed by atoms with E-state index < -0.39 is 12.1 Å². The van der Waals surface area contributed by atoms with E-state index >= 15 is 0 Å². The lowest BCUT2D eigenvalue weighted by atomic mass is 10.1. The lowest BCUT2D eigenvalue weighted by molar-refractivity contribution is -0.159. The number of alkyl halides is 3. The van der Waals surface area contributed by atoms with Crippen LogP contribution in [0.3, 0.4) is 0 Å². The number of benzene rings is 1. The minimum absolute atomic E-state index is 0.176. The fraction of sp³-hybridized carbons (Fsp3) is 0.300. The van der Waals surface area contributed by atoms with E-state index in [1.54, 1.807) is 35.2 Å². The number of anilines is 1. The zero-order chi connectivity index (χ0) is 22.9. The molecule has 1 aromatic carbocycles. The monoisotopic (exact) mass is 467 g/mol. The molecule has 0 aliphatic carbocycles. The van der Waals surface area contributed by atoms with Crippen molar-refractivity contribution in [2.75, 3.05) is 38.2 Å². The first-order valence-corrected chi connectivity index (χ1v) is 9.89. The molecule has 0 N–H and O–H groups in total. The summed E-state index contributed by atoms with van der Waals surface area (Å²) in [6.45, 7) is 1.97. The third-order valence-electron chi connectivity index (χ3n) is 4.96. The molecule has 1 fully saturated rings. The van der Waals surface area contributed by atoms with E-state index in [4.69, 9.17) is 16.3 Å². The van der Waals surface area contributed by atoms with E-state index in [1.165, 1.54) is 13.3 Å². The predicted molar refractivity (Wildman–Crippen MR) is 109 cm³/mol. The molecule has 2 aromatic heterocycles. The summed E-state index contributed by atoms with van der Waals surface area (Å²) >= 11 is 6.03. The number of carbonyl (C=O) groups is 1. The first kappa shape index (κ1) is 21.9. The van der Waals surface area contributed by atoms with Crippen molar-refractivity contribution < 1.29 is 27.2 Å². The van der Waals surface area contributed by atoms with Gasteiger partial charge in [-0.1, -0.05) is 16.8 Å². The molecule has 1 aliphatic heterocycles. The molecule has 0 bridgehead atoms. The molecule has 4 rings (SSSR count). The zero-order valence-corrected chi connectivity index (χ0v) is 17.5. The van der Waals surface area contributed by atoms with E-state index in [0.29, 0.717) is 53.9 Å². The normalized spacial score (nSPS) is 14.5. The zero-order valence-electron chi connectivity index (χ0n) is 16.8. The average molecular weight is 468 g/mol. The maximum absolute atomic E-state index is 12.9. The van der Waals surface area contributed by atoms with Crippen LogP contribution < -0.4 is 9.64 Å². The highest BCUT2D eigenvalue weighted by Crippen LogP contribution is 2.30. The maximum Gasteiger partial charge on any atom is 0.471 e. The van der Waals surface area contributed by atoms with Crippen LogP contribution in [0.25, 0.3) is 11.4 Å².